The highest BCUT2D eigenvalue weighted by molar-refractivity contribution is 8.00. The van der Waals surface area contributed by atoms with E-state index in [4.69, 9.17) is 0 Å². The molecule has 1 atom stereocenters. The number of amides is 1. The van der Waals surface area contributed by atoms with E-state index in [0.717, 1.165) is 40.8 Å². The van der Waals surface area contributed by atoms with E-state index < -0.39 is 0 Å². The molecule has 1 unspecified atom stereocenters. The maximum atomic E-state index is 13.1. The summed E-state index contributed by atoms with van der Waals surface area (Å²) in [4.78, 5) is 13.1. The molecule has 1 aromatic heterocycles. The van der Waals surface area contributed by atoms with E-state index in [-0.39, 0.29) is 16.7 Å². The fourth-order valence-electron chi connectivity index (χ4n) is 6.30. The van der Waals surface area contributed by atoms with Crippen molar-refractivity contribution in [3.63, 3.8) is 0 Å². The Morgan fingerprint density at radius 3 is 2.34 bits per heavy atom. The fourth-order valence-corrected chi connectivity index (χ4v) is 7.21. The zero-order valence-electron chi connectivity index (χ0n) is 17.3. The van der Waals surface area contributed by atoms with Gasteiger partial charge in [-0.3, -0.25) is 4.79 Å². The van der Waals surface area contributed by atoms with Gasteiger partial charge in [0.15, 0.2) is 11.0 Å². The Balaban J connectivity index is 1.29. The molecule has 4 aliphatic rings. The molecular formula is C23H30N4OS. The third kappa shape index (κ3) is 3.60. The highest BCUT2D eigenvalue weighted by Crippen LogP contribution is 2.55. The molecule has 4 aliphatic carbocycles. The number of carbonyl (C=O) groups excluding carboxylic acids is 1. The predicted octanol–water partition coefficient (Wildman–Crippen LogP) is 4.53. The average Bonchev–Trinajstić information content (AvgIpc) is 3.09. The molecule has 1 amide bonds. The Morgan fingerprint density at radius 2 is 1.76 bits per heavy atom. The number of hydrogen-bond acceptors (Lipinski definition) is 4. The molecule has 5 nitrogen and oxygen atoms in total. The number of carbonyl (C=O) groups is 1. The number of nitrogens with zero attached hydrogens (tertiary/aromatic N) is 3. The second-order valence-electron chi connectivity index (χ2n) is 9.36. The second kappa shape index (κ2) is 7.46. The highest BCUT2D eigenvalue weighted by Gasteiger charge is 2.51. The first-order valence-corrected chi connectivity index (χ1v) is 11.9. The lowest BCUT2D eigenvalue weighted by Crippen LogP contribution is -2.60. The standard InChI is InChI=1S/C23H30N4OS/c1-3-27-20(19-7-5-4-6-8-19)25-26-22(27)29-15(2)21(28)24-23-12-16-9-17(13-23)11-18(10-16)14-23/h4-8,15-18H,3,9-14H2,1-2H3,(H,24,28). The molecule has 1 aromatic carbocycles. The van der Waals surface area contributed by atoms with Gasteiger partial charge in [-0.1, -0.05) is 42.1 Å². The Labute approximate surface area is 177 Å². The van der Waals surface area contributed by atoms with E-state index in [9.17, 15) is 4.79 Å². The van der Waals surface area contributed by atoms with Crippen LogP contribution in [0.2, 0.25) is 0 Å². The maximum absolute atomic E-state index is 13.1. The molecule has 0 saturated heterocycles. The summed E-state index contributed by atoms with van der Waals surface area (Å²) in [6.07, 6.45) is 7.73. The lowest BCUT2D eigenvalue weighted by molar-refractivity contribution is -0.126. The SMILES string of the molecule is CCn1c(SC(C)C(=O)NC23CC4CC(CC(C4)C2)C3)nnc1-c1ccccc1. The molecule has 1 N–H and O–H groups in total. The Kier molecular flexibility index (Phi) is 4.93. The summed E-state index contributed by atoms with van der Waals surface area (Å²) in [6.45, 7) is 4.88. The van der Waals surface area contributed by atoms with Crippen LogP contribution in [-0.2, 0) is 11.3 Å². The van der Waals surface area contributed by atoms with Crippen LogP contribution in [0.15, 0.2) is 35.5 Å². The van der Waals surface area contributed by atoms with Crippen LogP contribution in [0, 0.1) is 17.8 Å². The first-order chi connectivity index (χ1) is 14.0. The van der Waals surface area contributed by atoms with Crippen molar-refractivity contribution in [2.45, 2.75) is 74.9 Å². The number of nitrogens with one attached hydrogen (secondary N) is 1. The van der Waals surface area contributed by atoms with E-state index in [1.54, 1.807) is 0 Å². The summed E-state index contributed by atoms with van der Waals surface area (Å²) in [5.74, 6) is 3.52. The van der Waals surface area contributed by atoms with Gasteiger partial charge in [-0.15, -0.1) is 10.2 Å². The first-order valence-electron chi connectivity index (χ1n) is 11.0. The summed E-state index contributed by atoms with van der Waals surface area (Å²) in [5, 5.41) is 13.0. The summed E-state index contributed by atoms with van der Waals surface area (Å²) in [7, 11) is 0. The lowest BCUT2D eigenvalue weighted by atomic mass is 9.53. The molecule has 4 fully saturated rings. The van der Waals surface area contributed by atoms with Crippen LogP contribution in [0.1, 0.15) is 52.4 Å². The number of benzene rings is 1. The van der Waals surface area contributed by atoms with Crippen molar-refractivity contribution in [1.82, 2.24) is 20.1 Å². The molecule has 6 heteroatoms. The van der Waals surface area contributed by atoms with Crippen molar-refractivity contribution in [2.24, 2.45) is 17.8 Å². The van der Waals surface area contributed by atoms with Gasteiger partial charge in [-0.05, 0) is 70.1 Å². The van der Waals surface area contributed by atoms with Gasteiger partial charge in [0, 0.05) is 17.6 Å². The predicted molar refractivity (Wildman–Crippen MR) is 115 cm³/mol. The van der Waals surface area contributed by atoms with Gasteiger partial charge in [0.2, 0.25) is 5.91 Å². The van der Waals surface area contributed by atoms with Gasteiger partial charge in [0.05, 0.1) is 5.25 Å². The molecule has 29 heavy (non-hydrogen) atoms. The molecular weight excluding hydrogens is 380 g/mol. The number of hydrogen-bond donors (Lipinski definition) is 1. The van der Waals surface area contributed by atoms with Crippen LogP contribution in [-0.4, -0.2) is 31.5 Å². The van der Waals surface area contributed by atoms with Crippen molar-refractivity contribution in [3.05, 3.63) is 30.3 Å². The van der Waals surface area contributed by atoms with Gasteiger partial charge in [-0.25, -0.2) is 0 Å². The molecule has 4 bridgehead atoms. The molecule has 0 spiro atoms. The van der Waals surface area contributed by atoms with Crippen molar-refractivity contribution in [3.8, 4) is 11.4 Å². The van der Waals surface area contributed by atoms with Crippen LogP contribution < -0.4 is 5.32 Å². The van der Waals surface area contributed by atoms with Crippen LogP contribution in [0.4, 0.5) is 0 Å². The molecule has 0 aliphatic heterocycles. The van der Waals surface area contributed by atoms with E-state index >= 15 is 0 Å². The summed E-state index contributed by atoms with van der Waals surface area (Å²) < 4.78 is 2.11. The fraction of sp³-hybridized carbons (Fsp3) is 0.609. The summed E-state index contributed by atoms with van der Waals surface area (Å²) in [6, 6.07) is 10.1. The van der Waals surface area contributed by atoms with Crippen LogP contribution >= 0.6 is 11.8 Å². The minimum absolute atomic E-state index is 0.0638. The maximum Gasteiger partial charge on any atom is 0.233 e. The average molecular weight is 411 g/mol. The number of aromatic nitrogens is 3. The van der Waals surface area contributed by atoms with Crippen molar-refractivity contribution < 1.29 is 4.79 Å². The van der Waals surface area contributed by atoms with E-state index in [2.05, 4.69) is 27.0 Å². The Bertz CT molecular complexity index is 858. The molecule has 154 valence electrons. The Hall–Kier alpha value is -1.82. The third-order valence-electron chi connectivity index (χ3n) is 7.14. The summed E-state index contributed by atoms with van der Waals surface area (Å²) >= 11 is 1.52. The van der Waals surface area contributed by atoms with Crippen molar-refractivity contribution in [2.75, 3.05) is 0 Å². The van der Waals surface area contributed by atoms with Gasteiger partial charge in [0.1, 0.15) is 0 Å². The monoisotopic (exact) mass is 410 g/mol. The van der Waals surface area contributed by atoms with Crippen LogP contribution in [0.5, 0.6) is 0 Å². The first kappa shape index (κ1) is 19.2. The van der Waals surface area contributed by atoms with Gasteiger partial charge < -0.3 is 9.88 Å². The minimum atomic E-state index is -0.180. The topological polar surface area (TPSA) is 59.8 Å². The zero-order valence-corrected chi connectivity index (χ0v) is 18.1. The molecule has 2 aromatic rings. The molecule has 0 radical (unpaired) electrons. The normalized spacial score (nSPS) is 31.0. The summed E-state index contributed by atoms with van der Waals surface area (Å²) in [5.41, 5.74) is 1.12. The van der Waals surface area contributed by atoms with E-state index in [1.807, 2.05) is 37.3 Å². The molecule has 6 rings (SSSR count). The molecule has 4 saturated carbocycles. The van der Waals surface area contributed by atoms with E-state index in [0.29, 0.717) is 0 Å². The number of rotatable bonds is 6. The lowest BCUT2D eigenvalue weighted by Gasteiger charge is -2.57. The second-order valence-corrected chi connectivity index (χ2v) is 10.7. The quantitative estimate of drug-likeness (QED) is 0.711. The smallest absolute Gasteiger partial charge is 0.233 e. The zero-order chi connectivity index (χ0) is 20.0. The highest BCUT2D eigenvalue weighted by atomic mass is 32.2. The van der Waals surface area contributed by atoms with Crippen molar-refractivity contribution >= 4 is 17.7 Å². The van der Waals surface area contributed by atoms with Crippen LogP contribution in [0.25, 0.3) is 11.4 Å². The van der Waals surface area contributed by atoms with Gasteiger partial charge in [-0.2, -0.15) is 0 Å². The number of thioether (sulfide) groups is 1. The van der Waals surface area contributed by atoms with Crippen LogP contribution in [0.3, 0.4) is 0 Å². The Morgan fingerprint density at radius 1 is 1.14 bits per heavy atom. The van der Waals surface area contributed by atoms with Gasteiger partial charge >= 0.3 is 0 Å². The minimum Gasteiger partial charge on any atom is -0.350 e. The van der Waals surface area contributed by atoms with Gasteiger partial charge in [0.25, 0.3) is 0 Å². The van der Waals surface area contributed by atoms with Crippen molar-refractivity contribution in [1.29, 1.82) is 0 Å². The third-order valence-corrected chi connectivity index (χ3v) is 8.22. The largest absolute Gasteiger partial charge is 0.350 e. The van der Waals surface area contributed by atoms with E-state index in [1.165, 1.54) is 50.3 Å². The molecule has 1 heterocycles.